The highest BCUT2D eigenvalue weighted by atomic mass is 35.5. The van der Waals surface area contributed by atoms with Crippen LogP contribution >= 0.6 is 11.6 Å². The molecule has 1 saturated heterocycles. The van der Waals surface area contributed by atoms with E-state index in [1.54, 1.807) is 0 Å². The fourth-order valence-corrected chi connectivity index (χ4v) is 1.74. The van der Waals surface area contributed by atoms with E-state index in [9.17, 15) is 0 Å². The molecule has 2 rings (SSSR count). The van der Waals surface area contributed by atoms with Crippen molar-refractivity contribution in [2.75, 3.05) is 18.0 Å². The molecule has 0 saturated carbocycles. The first-order valence-corrected chi connectivity index (χ1v) is 4.83. The van der Waals surface area contributed by atoms with Gasteiger partial charge in [-0.25, -0.2) is 0 Å². The van der Waals surface area contributed by atoms with E-state index in [1.165, 1.54) is 6.42 Å². The highest BCUT2D eigenvalue weighted by molar-refractivity contribution is 6.30. The van der Waals surface area contributed by atoms with Crippen LogP contribution in [0.15, 0.2) is 18.2 Å². The Morgan fingerprint density at radius 2 is 2.15 bits per heavy atom. The summed E-state index contributed by atoms with van der Waals surface area (Å²) in [7, 11) is 0. The normalized spacial score (nSPS) is 15.7. The fraction of sp³-hybridized carbons (Fsp3) is 0.400. The fourth-order valence-electron chi connectivity index (χ4n) is 1.55. The predicted molar refractivity (Wildman–Crippen MR) is 54.2 cm³/mol. The molecule has 0 aromatic heterocycles. The molecule has 1 heterocycles. The molecule has 1 aromatic rings. The molecule has 13 heavy (non-hydrogen) atoms. The SMILES string of the molecule is OCc1cc(Cl)ccc1N1CCC1. The van der Waals surface area contributed by atoms with Crippen LogP contribution in [0.3, 0.4) is 0 Å². The molecule has 1 aliphatic heterocycles. The number of halogens is 1. The average molecular weight is 198 g/mol. The number of hydrogen-bond acceptors (Lipinski definition) is 2. The zero-order valence-corrected chi connectivity index (χ0v) is 8.09. The Morgan fingerprint density at radius 3 is 2.69 bits per heavy atom. The van der Waals surface area contributed by atoms with Crippen LogP contribution in [0.2, 0.25) is 5.02 Å². The number of nitrogens with zero attached hydrogens (tertiary/aromatic N) is 1. The lowest BCUT2D eigenvalue weighted by Crippen LogP contribution is -2.37. The first kappa shape index (κ1) is 8.85. The number of aliphatic hydroxyl groups excluding tert-OH is 1. The molecule has 0 atom stereocenters. The van der Waals surface area contributed by atoms with Gasteiger partial charge in [-0.2, -0.15) is 0 Å². The van der Waals surface area contributed by atoms with Gasteiger partial charge in [0.1, 0.15) is 0 Å². The van der Waals surface area contributed by atoms with Crippen LogP contribution in [0, 0.1) is 0 Å². The van der Waals surface area contributed by atoms with Crippen LogP contribution in [-0.2, 0) is 6.61 Å². The second-order valence-corrected chi connectivity index (χ2v) is 3.71. The van der Waals surface area contributed by atoms with Crippen molar-refractivity contribution in [3.63, 3.8) is 0 Å². The lowest BCUT2D eigenvalue weighted by atomic mass is 10.1. The molecule has 0 unspecified atom stereocenters. The van der Waals surface area contributed by atoms with Gasteiger partial charge in [-0.3, -0.25) is 0 Å². The minimum atomic E-state index is 0.0619. The second-order valence-electron chi connectivity index (χ2n) is 3.27. The maximum atomic E-state index is 9.13. The highest BCUT2D eigenvalue weighted by Gasteiger charge is 2.17. The van der Waals surface area contributed by atoms with E-state index >= 15 is 0 Å². The first-order chi connectivity index (χ1) is 6.31. The van der Waals surface area contributed by atoms with Gasteiger partial charge in [-0.05, 0) is 24.6 Å². The highest BCUT2D eigenvalue weighted by Crippen LogP contribution is 2.27. The summed E-state index contributed by atoms with van der Waals surface area (Å²) < 4.78 is 0. The third-order valence-corrected chi connectivity index (χ3v) is 2.64. The number of aliphatic hydroxyl groups is 1. The summed E-state index contributed by atoms with van der Waals surface area (Å²) in [5.41, 5.74) is 2.05. The van der Waals surface area contributed by atoms with Gasteiger partial charge in [0.2, 0.25) is 0 Å². The van der Waals surface area contributed by atoms with Crippen molar-refractivity contribution in [1.29, 1.82) is 0 Å². The molecular weight excluding hydrogens is 186 g/mol. The largest absolute Gasteiger partial charge is 0.392 e. The quantitative estimate of drug-likeness (QED) is 0.785. The summed E-state index contributed by atoms with van der Waals surface area (Å²) in [5.74, 6) is 0. The van der Waals surface area contributed by atoms with Gasteiger partial charge in [0.25, 0.3) is 0 Å². The average Bonchev–Trinajstić information content (AvgIpc) is 2.05. The molecule has 0 aliphatic carbocycles. The molecule has 3 heteroatoms. The Balaban J connectivity index is 2.32. The van der Waals surface area contributed by atoms with Crippen LogP contribution in [0.4, 0.5) is 5.69 Å². The summed E-state index contributed by atoms with van der Waals surface area (Å²) in [6.45, 7) is 2.25. The van der Waals surface area contributed by atoms with Crippen molar-refractivity contribution in [1.82, 2.24) is 0 Å². The van der Waals surface area contributed by atoms with Gasteiger partial charge < -0.3 is 10.0 Å². The second kappa shape index (κ2) is 3.56. The molecule has 1 fully saturated rings. The van der Waals surface area contributed by atoms with Crippen LogP contribution in [-0.4, -0.2) is 18.2 Å². The molecule has 0 spiro atoms. The van der Waals surface area contributed by atoms with Crippen molar-refractivity contribution in [3.8, 4) is 0 Å². The first-order valence-electron chi connectivity index (χ1n) is 4.45. The van der Waals surface area contributed by atoms with Gasteiger partial charge >= 0.3 is 0 Å². The summed E-state index contributed by atoms with van der Waals surface area (Å²) in [6, 6.07) is 5.68. The van der Waals surface area contributed by atoms with E-state index in [0.29, 0.717) is 5.02 Å². The number of anilines is 1. The molecule has 0 bridgehead atoms. The Morgan fingerprint density at radius 1 is 1.38 bits per heavy atom. The van der Waals surface area contributed by atoms with Crippen LogP contribution < -0.4 is 4.90 Å². The van der Waals surface area contributed by atoms with Crippen LogP contribution in [0.25, 0.3) is 0 Å². The van der Waals surface area contributed by atoms with Crippen molar-refractivity contribution in [3.05, 3.63) is 28.8 Å². The number of rotatable bonds is 2. The van der Waals surface area contributed by atoms with E-state index < -0.39 is 0 Å². The van der Waals surface area contributed by atoms with Crippen molar-refractivity contribution < 1.29 is 5.11 Å². The zero-order valence-electron chi connectivity index (χ0n) is 7.33. The van der Waals surface area contributed by atoms with E-state index in [4.69, 9.17) is 16.7 Å². The van der Waals surface area contributed by atoms with Gasteiger partial charge in [0, 0.05) is 29.4 Å². The van der Waals surface area contributed by atoms with Crippen molar-refractivity contribution in [2.24, 2.45) is 0 Å². The van der Waals surface area contributed by atoms with E-state index in [2.05, 4.69) is 4.90 Å². The van der Waals surface area contributed by atoms with Gasteiger partial charge in [0.05, 0.1) is 6.61 Å². The topological polar surface area (TPSA) is 23.5 Å². The zero-order chi connectivity index (χ0) is 9.26. The van der Waals surface area contributed by atoms with Crippen LogP contribution in [0.1, 0.15) is 12.0 Å². The molecule has 0 radical (unpaired) electrons. The Hall–Kier alpha value is -0.730. The van der Waals surface area contributed by atoms with Gasteiger partial charge in [-0.15, -0.1) is 0 Å². The molecule has 1 aliphatic rings. The molecule has 0 amide bonds. The van der Waals surface area contributed by atoms with E-state index in [1.807, 2.05) is 18.2 Å². The molecule has 70 valence electrons. The molecule has 1 aromatic carbocycles. The van der Waals surface area contributed by atoms with Crippen molar-refractivity contribution in [2.45, 2.75) is 13.0 Å². The van der Waals surface area contributed by atoms with Crippen molar-refractivity contribution >= 4 is 17.3 Å². The minimum Gasteiger partial charge on any atom is -0.392 e. The number of benzene rings is 1. The third-order valence-electron chi connectivity index (χ3n) is 2.41. The summed E-state index contributed by atoms with van der Waals surface area (Å²) in [5, 5.41) is 9.81. The lowest BCUT2D eigenvalue weighted by Gasteiger charge is -2.34. The van der Waals surface area contributed by atoms with E-state index in [-0.39, 0.29) is 6.61 Å². The van der Waals surface area contributed by atoms with Gasteiger partial charge in [0.15, 0.2) is 0 Å². The summed E-state index contributed by atoms with van der Waals surface area (Å²) >= 11 is 5.83. The summed E-state index contributed by atoms with van der Waals surface area (Å²) in [4.78, 5) is 2.25. The third kappa shape index (κ3) is 1.64. The molecular formula is C10H12ClNO. The summed E-state index contributed by atoms with van der Waals surface area (Å²) in [6.07, 6.45) is 1.24. The lowest BCUT2D eigenvalue weighted by molar-refractivity contribution is 0.281. The van der Waals surface area contributed by atoms with Crippen LogP contribution in [0.5, 0.6) is 0 Å². The number of hydrogen-bond donors (Lipinski definition) is 1. The Kier molecular flexibility index (Phi) is 2.42. The standard InChI is InChI=1S/C10H12ClNO/c11-9-2-3-10(8(6-9)7-13)12-4-1-5-12/h2-3,6,13H,1,4-5,7H2. The smallest absolute Gasteiger partial charge is 0.0702 e. The van der Waals surface area contributed by atoms with Gasteiger partial charge in [-0.1, -0.05) is 11.6 Å². The Labute approximate surface area is 82.7 Å². The molecule has 2 nitrogen and oxygen atoms in total. The predicted octanol–water partition coefficient (Wildman–Crippen LogP) is 2.04. The maximum Gasteiger partial charge on any atom is 0.0702 e. The minimum absolute atomic E-state index is 0.0619. The Bertz CT molecular complexity index is 310. The van der Waals surface area contributed by atoms with E-state index in [0.717, 1.165) is 24.3 Å². The maximum absolute atomic E-state index is 9.13. The molecule has 1 N–H and O–H groups in total. The monoisotopic (exact) mass is 197 g/mol.